The highest BCUT2D eigenvalue weighted by Crippen LogP contribution is 2.23. The number of carbonyl (C=O) groups is 2. The maximum absolute atomic E-state index is 11.0. The summed E-state index contributed by atoms with van der Waals surface area (Å²) in [4.78, 5) is 21.8. The lowest BCUT2D eigenvalue weighted by molar-refractivity contribution is -0.147. The summed E-state index contributed by atoms with van der Waals surface area (Å²) < 4.78 is 0. The van der Waals surface area contributed by atoms with Gasteiger partial charge in [-0.1, -0.05) is 12.1 Å². The standard InChI is InChI=1S/C12H11NO4/c1-7(14)5-8-3-2-4-9(6-13)10(8)11(15)12(16)17/h2-4,11,15H,5H2,1H3,(H,16,17). The van der Waals surface area contributed by atoms with Gasteiger partial charge in [0.1, 0.15) is 5.78 Å². The van der Waals surface area contributed by atoms with Crippen LogP contribution in [0.5, 0.6) is 0 Å². The Kier molecular flexibility index (Phi) is 3.96. The molecule has 0 aliphatic heterocycles. The van der Waals surface area contributed by atoms with E-state index < -0.39 is 12.1 Å². The summed E-state index contributed by atoms with van der Waals surface area (Å²) in [7, 11) is 0. The summed E-state index contributed by atoms with van der Waals surface area (Å²) >= 11 is 0. The lowest BCUT2D eigenvalue weighted by atomic mass is 9.94. The summed E-state index contributed by atoms with van der Waals surface area (Å²) in [5, 5.41) is 27.2. The van der Waals surface area contributed by atoms with E-state index in [4.69, 9.17) is 10.4 Å². The number of nitrogens with zero attached hydrogens (tertiary/aromatic N) is 1. The molecule has 0 fully saturated rings. The molecule has 0 aliphatic rings. The van der Waals surface area contributed by atoms with Crippen molar-refractivity contribution in [3.8, 4) is 6.07 Å². The molecular weight excluding hydrogens is 222 g/mol. The van der Waals surface area contributed by atoms with Crippen LogP contribution in [-0.4, -0.2) is 22.0 Å². The van der Waals surface area contributed by atoms with E-state index in [2.05, 4.69) is 0 Å². The molecule has 0 amide bonds. The van der Waals surface area contributed by atoms with Gasteiger partial charge in [0.05, 0.1) is 11.6 Å². The van der Waals surface area contributed by atoms with E-state index >= 15 is 0 Å². The molecule has 2 N–H and O–H groups in total. The normalized spacial score (nSPS) is 11.6. The van der Waals surface area contributed by atoms with Crippen LogP contribution in [0.15, 0.2) is 18.2 Å². The third-order valence-corrected chi connectivity index (χ3v) is 2.26. The van der Waals surface area contributed by atoms with Crippen LogP contribution in [0.4, 0.5) is 0 Å². The first-order valence-electron chi connectivity index (χ1n) is 4.89. The molecule has 0 aliphatic carbocycles. The second-order valence-electron chi connectivity index (χ2n) is 3.61. The molecule has 0 aromatic heterocycles. The summed E-state index contributed by atoms with van der Waals surface area (Å²) in [6, 6.07) is 6.30. The monoisotopic (exact) mass is 233 g/mol. The fourth-order valence-corrected chi connectivity index (χ4v) is 1.58. The minimum Gasteiger partial charge on any atom is -0.479 e. The number of aliphatic hydroxyl groups excluding tert-OH is 1. The number of carboxylic acids is 1. The van der Waals surface area contributed by atoms with Gasteiger partial charge in [0.25, 0.3) is 0 Å². The van der Waals surface area contributed by atoms with Crippen molar-refractivity contribution in [3.05, 3.63) is 34.9 Å². The second kappa shape index (κ2) is 5.23. The van der Waals surface area contributed by atoms with Crippen LogP contribution in [0.1, 0.15) is 29.7 Å². The number of nitriles is 1. The van der Waals surface area contributed by atoms with E-state index in [1.165, 1.54) is 19.1 Å². The zero-order chi connectivity index (χ0) is 13.0. The molecule has 1 aromatic rings. The first-order chi connectivity index (χ1) is 7.97. The van der Waals surface area contributed by atoms with Crippen molar-refractivity contribution in [2.75, 3.05) is 0 Å². The van der Waals surface area contributed by atoms with Gasteiger partial charge >= 0.3 is 5.97 Å². The Bertz CT molecular complexity index is 502. The van der Waals surface area contributed by atoms with Gasteiger partial charge in [-0.3, -0.25) is 4.79 Å². The molecule has 0 spiro atoms. The number of aliphatic carboxylic acids is 1. The first kappa shape index (κ1) is 12.9. The molecular formula is C12H11NO4. The van der Waals surface area contributed by atoms with Crippen LogP contribution < -0.4 is 0 Å². The quantitative estimate of drug-likeness (QED) is 0.801. The molecule has 1 aromatic carbocycles. The zero-order valence-corrected chi connectivity index (χ0v) is 9.17. The van der Waals surface area contributed by atoms with E-state index in [-0.39, 0.29) is 23.3 Å². The SMILES string of the molecule is CC(=O)Cc1cccc(C#N)c1C(O)C(=O)O. The number of Topliss-reactive ketones (excluding diaryl/α,β-unsaturated/α-hetero) is 1. The highest BCUT2D eigenvalue weighted by molar-refractivity contribution is 5.81. The van der Waals surface area contributed by atoms with Crippen LogP contribution in [-0.2, 0) is 16.0 Å². The zero-order valence-electron chi connectivity index (χ0n) is 9.17. The van der Waals surface area contributed by atoms with Crippen LogP contribution >= 0.6 is 0 Å². The Morgan fingerprint density at radius 3 is 2.59 bits per heavy atom. The van der Waals surface area contributed by atoms with Crippen molar-refractivity contribution in [1.29, 1.82) is 5.26 Å². The van der Waals surface area contributed by atoms with Crippen molar-refractivity contribution in [3.63, 3.8) is 0 Å². The van der Waals surface area contributed by atoms with Gasteiger partial charge in [0.15, 0.2) is 6.10 Å². The molecule has 1 unspecified atom stereocenters. The molecule has 1 atom stereocenters. The molecule has 0 radical (unpaired) electrons. The molecule has 0 saturated heterocycles. The van der Waals surface area contributed by atoms with Gasteiger partial charge in [0, 0.05) is 12.0 Å². The number of benzene rings is 1. The Hall–Kier alpha value is -2.19. The fraction of sp³-hybridized carbons (Fsp3) is 0.250. The Labute approximate surface area is 97.9 Å². The largest absolute Gasteiger partial charge is 0.479 e. The molecule has 0 heterocycles. The van der Waals surface area contributed by atoms with Gasteiger partial charge in [-0.05, 0) is 18.6 Å². The highest BCUT2D eigenvalue weighted by atomic mass is 16.4. The predicted molar refractivity (Wildman–Crippen MR) is 58.1 cm³/mol. The fourth-order valence-electron chi connectivity index (χ4n) is 1.58. The van der Waals surface area contributed by atoms with E-state index in [1.54, 1.807) is 6.07 Å². The molecule has 0 saturated carbocycles. The summed E-state index contributed by atoms with van der Waals surface area (Å²) in [6.45, 7) is 1.36. The van der Waals surface area contributed by atoms with Crippen LogP contribution in [0.3, 0.4) is 0 Å². The highest BCUT2D eigenvalue weighted by Gasteiger charge is 2.23. The van der Waals surface area contributed by atoms with Crippen LogP contribution in [0.2, 0.25) is 0 Å². The Morgan fingerprint density at radius 2 is 2.12 bits per heavy atom. The van der Waals surface area contributed by atoms with Crippen molar-refractivity contribution >= 4 is 11.8 Å². The van der Waals surface area contributed by atoms with Crippen molar-refractivity contribution in [1.82, 2.24) is 0 Å². The average molecular weight is 233 g/mol. The van der Waals surface area contributed by atoms with Crippen molar-refractivity contribution < 1.29 is 19.8 Å². The summed E-state index contributed by atoms with van der Waals surface area (Å²) in [5.41, 5.74) is 0.433. The molecule has 5 nitrogen and oxygen atoms in total. The maximum Gasteiger partial charge on any atom is 0.337 e. The first-order valence-corrected chi connectivity index (χ1v) is 4.89. The van der Waals surface area contributed by atoms with E-state index in [9.17, 15) is 14.7 Å². The van der Waals surface area contributed by atoms with Gasteiger partial charge < -0.3 is 10.2 Å². The molecule has 88 valence electrons. The average Bonchev–Trinajstić information content (AvgIpc) is 2.26. The number of hydrogen-bond donors (Lipinski definition) is 2. The number of carbonyl (C=O) groups excluding carboxylic acids is 1. The molecule has 0 bridgehead atoms. The van der Waals surface area contributed by atoms with Gasteiger partial charge in [-0.25, -0.2) is 4.79 Å². The minimum absolute atomic E-state index is 0.00213. The maximum atomic E-state index is 11.0. The molecule has 17 heavy (non-hydrogen) atoms. The van der Waals surface area contributed by atoms with Gasteiger partial charge in [-0.15, -0.1) is 0 Å². The smallest absolute Gasteiger partial charge is 0.337 e. The van der Waals surface area contributed by atoms with E-state index in [0.29, 0.717) is 5.56 Å². The lowest BCUT2D eigenvalue weighted by Crippen LogP contribution is -2.15. The second-order valence-corrected chi connectivity index (χ2v) is 3.61. The Morgan fingerprint density at radius 1 is 1.47 bits per heavy atom. The van der Waals surface area contributed by atoms with E-state index in [1.807, 2.05) is 6.07 Å². The number of carboxylic acid groups (broad SMARTS) is 1. The number of aliphatic hydroxyl groups is 1. The van der Waals surface area contributed by atoms with Gasteiger partial charge in [0.2, 0.25) is 0 Å². The third kappa shape index (κ3) is 2.89. The van der Waals surface area contributed by atoms with Crippen molar-refractivity contribution in [2.45, 2.75) is 19.4 Å². The number of ketones is 1. The predicted octanol–water partition coefficient (Wildman–Crippen LogP) is 0.808. The number of rotatable bonds is 4. The van der Waals surface area contributed by atoms with Crippen molar-refractivity contribution in [2.24, 2.45) is 0 Å². The topological polar surface area (TPSA) is 98.4 Å². The Balaban J connectivity index is 3.35. The van der Waals surface area contributed by atoms with E-state index in [0.717, 1.165) is 0 Å². The van der Waals surface area contributed by atoms with Crippen LogP contribution in [0, 0.1) is 11.3 Å². The summed E-state index contributed by atoms with van der Waals surface area (Å²) in [6.07, 6.45) is -1.80. The minimum atomic E-state index is -1.79. The number of hydrogen-bond acceptors (Lipinski definition) is 4. The molecule has 5 heteroatoms. The third-order valence-electron chi connectivity index (χ3n) is 2.26. The van der Waals surface area contributed by atoms with Crippen LogP contribution in [0.25, 0.3) is 0 Å². The molecule has 1 rings (SSSR count). The lowest BCUT2D eigenvalue weighted by Gasteiger charge is -2.13. The van der Waals surface area contributed by atoms with Gasteiger partial charge in [-0.2, -0.15) is 5.26 Å². The summed E-state index contributed by atoms with van der Waals surface area (Å²) in [5.74, 6) is -1.61.